The summed E-state index contributed by atoms with van der Waals surface area (Å²) < 4.78 is 6.06. The third kappa shape index (κ3) is 13.8. The quantitative estimate of drug-likeness (QED) is 0.0847. The lowest BCUT2D eigenvalue weighted by molar-refractivity contribution is 0.296. The maximum Gasteiger partial charge on any atom is 0.119 e. The summed E-state index contributed by atoms with van der Waals surface area (Å²) >= 11 is 0. The first-order chi connectivity index (χ1) is 21.1. The van der Waals surface area contributed by atoms with Crippen molar-refractivity contribution < 1.29 is 4.74 Å². The van der Waals surface area contributed by atoms with Gasteiger partial charge in [-0.15, -0.1) is 0 Å². The molecule has 3 nitrogen and oxygen atoms in total. The van der Waals surface area contributed by atoms with E-state index in [2.05, 4.69) is 79.1 Å². The van der Waals surface area contributed by atoms with Gasteiger partial charge in [0, 0.05) is 31.7 Å². The highest BCUT2D eigenvalue weighted by atomic mass is 16.5. The molecule has 5 unspecified atom stereocenters. The zero-order valence-corrected chi connectivity index (χ0v) is 28.2. The van der Waals surface area contributed by atoms with Crippen molar-refractivity contribution in [3.8, 4) is 5.75 Å². The molecule has 5 atom stereocenters. The van der Waals surface area contributed by atoms with Gasteiger partial charge in [-0.25, -0.2) is 0 Å². The second kappa shape index (κ2) is 19.5. The Labute approximate surface area is 265 Å². The minimum absolute atomic E-state index is 0.701. The van der Waals surface area contributed by atoms with Crippen LogP contribution in [0.3, 0.4) is 0 Å². The Balaban J connectivity index is 1.10. The summed E-state index contributed by atoms with van der Waals surface area (Å²) in [5.41, 5.74) is 4.61. The van der Waals surface area contributed by atoms with E-state index in [0.717, 1.165) is 30.9 Å². The van der Waals surface area contributed by atoms with Crippen LogP contribution in [0.4, 0.5) is 0 Å². The van der Waals surface area contributed by atoms with E-state index in [-0.39, 0.29) is 0 Å². The number of hydrogen-bond acceptors (Lipinski definition) is 3. The van der Waals surface area contributed by atoms with Gasteiger partial charge in [-0.1, -0.05) is 101 Å². The van der Waals surface area contributed by atoms with Gasteiger partial charge in [0.25, 0.3) is 0 Å². The highest BCUT2D eigenvalue weighted by Gasteiger charge is 2.28. The molecule has 0 saturated carbocycles. The summed E-state index contributed by atoms with van der Waals surface area (Å²) in [5.74, 6) is 1.74. The number of benzene rings is 2. The highest BCUT2D eigenvalue weighted by Crippen LogP contribution is 2.30. The molecule has 2 fully saturated rings. The summed E-state index contributed by atoms with van der Waals surface area (Å²) in [4.78, 5) is 5.09. The van der Waals surface area contributed by atoms with Crippen molar-refractivity contribution in [1.29, 1.82) is 0 Å². The maximum atomic E-state index is 6.06. The number of aryl methyl sites for hydroxylation is 2. The number of rotatable bonds is 25. The summed E-state index contributed by atoms with van der Waals surface area (Å²) in [7, 11) is 0. The van der Waals surface area contributed by atoms with E-state index in [1.807, 2.05) is 0 Å². The van der Waals surface area contributed by atoms with Crippen LogP contribution >= 0.6 is 0 Å². The van der Waals surface area contributed by atoms with E-state index in [1.165, 1.54) is 140 Å². The predicted molar refractivity (Wildman–Crippen MR) is 186 cm³/mol. The van der Waals surface area contributed by atoms with E-state index < -0.39 is 0 Å². The van der Waals surface area contributed by atoms with E-state index in [4.69, 9.17) is 4.74 Å². The SMILES string of the molecule is CCCCCCCC(CCCCCCCc1cccc(CCCCN2CC2C)c1)c1ccc(OCCCN2CC2C)cc1. The van der Waals surface area contributed by atoms with E-state index >= 15 is 0 Å². The summed E-state index contributed by atoms with van der Waals surface area (Å²) in [6, 6.07) is 20.2. The molecule has 0 bridgehead atoms. The summed E-state index contributed by atoms with van der Waals surface area (Å²) in [5, 5.41) is 0. The molecular weight excluding hydrogens is 524 g/mol. The number of unbranched alkanes of at least 4 members (excludes halogenated alkanes) is 9. The first-order valence-electron chi connectivity index (χ1n) is 18.4. The van der Waals surface area contributed by atoms with Crippen LogP contribution in [0.25, 0.3) is 0 Å². The Hall–Kier alpha value is -1.84. The van der Waals surface area contributed by atoms with Gasteiger partial charge < -0.3 is 4.74 Å². The largest absolute Gasteiger partial charge is 0.494 e. The first kappa shape index (κ1) is 34.0. The number of ether oxygens (including phenoxy) is 1. The first-order valence-corrected chi connectivity index (χ1v) is 18.4. The molecule has 2 heterocycles. The van der Waals surface area contributed by atoms with E-state index in [0.29, 0.717) is 5.92 Å². The standard InChI is InChI=1S/C40H64N2O/c1-4-5-6-8-12-22-38(39-24-26-40(27-25-39)43-30-17-29-42-33-35(42)3)23-13-10-7-9-11-18-36-20-16-21-37(31-36)19-14-15-28-41-32-34(41)2/h16,20-21,24-27,31,34-35,38H,4-15,17-19,22-23,28-30,32-33H2,1-3H3. The molecule has 3 heteroatoms. The minimum Gasteiger partial charge on any atom is -0.494 e. The van der Waals surface area contributed by atoms with Gasteiger partial charge in [-0.2, -0.15) is 0 Å². The Kier molecular flexibility index (Phi) is 15.5. The van der Waals surface area contributed by atoms with Gasteiger partial charge in [0.2, 0.25) is 0 Å². The zero-order valence-electron chi connectivity index (χ0n) is 28.2. The molecule has 0 radical (unpaired) electrons. The van der Waals surface area contributed by atoms with Gasteiger partial charge in [0.05, 0.1) is 6.61 Å². The Morgan fingerprint density at radius 3 is 1.79 bits per heavy atom. The Morgan fingerprint density at radius 2 is 1.19 bits per heavy atom. The fourth-order valence-corrected chi connectivity index (χ4v) is 6.81. The average molecular weight is 589 g/mol. The van der Waals surface area contributed by atoms with Gasteiger partial charge in [-0.3, -0.25) is 9.80 Å². The van der Waals surface area contributed by atoms with Crippen molar-refractivity contribution in [1.82, 2.24) is 9.80 Å². The topological polar surface area (TPSA) is 15.2 Å². The molecule has 4 rings (SSSR count). The molecule has 2 aliphatic rings. The van der Waals surface area contributed by atoms with Crippen LogP contribution in [0, 0.1) is 0 Å². The van der Waals surface area contributed by atoms with Crippen LogP contribution in [0.5, 0.6) is 5.75 Å². The number of nitrogens with zero attached hydrogens (tertiary/aromatic N) is 2. The minimum atomic E-state index is 0.701. The van der Waals surface area contributed by atoms with Gasteiger partial charge >= 0.3 is 0 Å². The van der Waals surface area contributed by atoms with Crippen LogP contribution in [-0.2, 0) is 12.8 Å². The van der Waals surface area contributed by atoms with Crippen molar-refractivity contribution in [2.45, 2.75) is 148 Å². The molecular formula is C40H64N2O. The molecule has 2 aliphatic heterocycles. The van der Waals surface area contributed by atoms with Crippen LogP contribution in [0.1, 0.15) is 140 Å². The van der Waals surface area contributed by atoms with Crippen LogP contribution < -0.4 is 4.74 Å². The van der Waals surface area contributed by atoms with Crippen molar-refractivity contribution in [2.24, 2.45) is 0 Å². The average Bonchev–Trinajstić information content (AvgIpc) is 3.93. The second-order valence-corrected chi connectivity index (χ2v) is 13.9. The molecule has 43 heavy (non-hydrogen) atoms. The fraction of sp³-hybridized carbons (Fsp3) is 0.700. The summed E-state index contributed by atoms with van der Waals surface area (Å²) in [6.45, 7) is 12.8. The lowest BCUT2D eigenvalue weighted by atomic mass is 9.88. The van der Waals surface area contributed by atoms with E-state index in [9.17, 15) is 0 Å². The monoisotopic (exact) mass is 589 g/mol. The van der Waals surface area contributed by atoms with E-state index in [1.54, 1.807) is 5.56 Å². The molecule has 0 amide bonds. The maximum absolute atomic E-state index is 6.06. The third-order valence-electron chi connectivity index (χ3n) is 10.0. The lowest BCUT2D eigenvalue weighted by Gasteiger charge is -2.18. The van der Waals surface area contributed by atoms with Crippen molar-refractivity contribution >= 4 is 0 Å². The normalized spacial score (nSPS) is 21.6. The lowest BCUT2D eigenvalue weighted by Crippen LogP contribution is -2.07. The highest BCUT2D eigenvalue weighted by molar-refractivity contribution is 5.29. The zero-order chi connectivity index (χ0) is 30.1. The van der Waals surface area contributed by atoms with Crippen LogP contribution in [0.15, 0.2) is 48.5 Å². The van der Waals surface area contributed by atoms with Gasteiger partial charge in [0.15, 0.2) is 0 Å². The molecule has 0 spiro atoms. The second-order valence-electron chi connectivity index (χ2n) is 13.9. The van der Waals surface area contributed by atoms with Crippen molar-refractivity contribution in [3.05, 3.63) is 65.2 Å². The fourth-order valence-electron chi connectivity index (χ4n) is 6.81. The molecule has 2 aromatic rings. The van der Waals surface area contributed by atoms with Gasteiger partial charge in [-0.05, 0) is 106 Å². The van der Waals surface area contributed by atoms with Crippen molar-refractivity contribution in [3.63, 3.8) is 0 Å². The Morgan fingerprint density at radius 1 is 0.651 bits per heavy atom. The smallest absolute Gasteiger partial charge is 0.119 e. The molecule has 0 N–H and O–H groups in total. The molecule has 2 saturated heterocycles. The van der Waals surface area contributed by atoms with Crippen molar-refractivity contribution in [2.75, 3.05) is 32.8 Å². The summed E-state index contributed by atoms with van der Waals surface area (Å²) in [6.07, 6.45) is 22.6. The molecule has 240 valence electrons. The van der Waals surface area contributed by atoms with Crippen LogP contribution in [0.2, 0.25) is 0 Å². The molecule has 2 aromatic carbocycles. The third-order valence-corrected chi connectivity index (χ3v) is 10.0. The predicted octanol–water partition coefficient (Wildman–Crippen LogP) is 10.2. The molecule has 0 aliphatic carbocycles. The molecule has 0 aromatic heterocycles. The number of hydrogen-bond donors (Lipinski definition) is 0. The van der Waals surface area contributed by atoms with Crippen LogP contribution in [-0.4, -0.2) is 54.7 Å². The Bertz CT molecular complexity index is 1000. The van der Waals surface area contributed by atoms with Gasteiger partial charge in [0.1, 0.15) is 5.75 Å².